The quantitative estimate of drug-likeness (QED) is 0.440. The summed E-state index contributed by atoms with van der Waals surface area (Å²) in [6.45, 7) is 0.661. The number of allylic oxidation sites excluding steroid dienone is 1. The largest absolute Gasteiger partial charge is 0.496 e. The fourth-order valence-corrected chi connectivity index (χ4v) is 8.08. The maximum absolute atomic E-state index is 13.9. The SMILES string of the molecule is COc1ccc2c(OC3CC4C(=O)NC5(C(=O)NS(=O)(=O)C6CC6)CC5C=CCCCCN(C)C(=O)N4C3)nccc2c1Br. The first-order chi connectivity index (χ1) is 21.0. The van der Waals surface area contributed by atoms with Crippen LogP contribution in [0.25, 0.3) is 10.8 Å². The van der Waals surface area contributed by atoms with Gasteiger partial charge in [0.1, 0.15) is 23.4 Å². The molecule has 1 aromatic carbocycles. The number of hydrogen-bond acceptors (Lipinski definition) is 8. The number of fused-ring (bicyclic) bond motifs is 3. The van der Waals surface area contributed by atoms with E-state index < -0.39 is 44.8 Å². The molecule has 2 aliphatic heterocycles. The van der Waals surface area contributed by atoms with Crippen LogP contribution >= 0.6 is 15.9 Å². The first-order valence-electron chi connectivity index (χ1n) is 14.9. The molecule has 44 heavy (non-hydrogen) atoms. The number of hydrogen-bond donors (Lipinski definition) is 2. The molecule has 4 unspecified atom stereocenters. The molecule has 1 aromatic heterocycles. The number of carbonyl (C=O) groups is 3. The number of sulfonamides is 1. The Bertz CT molecular complexity index is 1630. The number of nitrogens with one attached hydrogen (secondary N) is 2. The lowest BCUT2D eigenvalue weighted by molar-refractivity contribution is -0.131. The van der Waals surface area contributed by atoms with Gasteiger partial charge in [-0.2, -0.15) is 0 Å². The summed E-state index contributed by atoms with van der Waals surface area (Å²) in [5.74, 6) is -0.590. The summed E-state index contributed by atoms with van der Waals surface area (Å²) < 4.78 is 40.0. The Morgan fingerprint density at radius 2 is 1.98 bits per heavy atom. The highest BCUT2D eigenvalue weighted by Crippen LogP contribution is 2.46. The van der Waals surface area contributed by atoms with Gasteiger partial charge in [0.15, 0.2) is 0 Å². The maximum atomic E-state index is 13.9. The van der Waals surface area contributed by atoms with Crippen LogP contribution in [0.1, 0.15) is 44.9 Å². The van der Waals surface area contributed by atoms with Gasteiger partial charge in [0.05, 0.1) is 23.4 Å². The summed E-state index contributed by atoms with van der Waals surface area (Å²) in [5.41, 5.74) is -1.40. The number of rotatable bonds is 6. The summed E-state index contributed by atoms with van der Waals surface area (Å²) in [5, 5.41) is 3.87. The molecule has 6 rings (SSSR count). The Kier molecular flexibility index (Phi) is 8.24. The van der Waals surface area contributed by atoms with E-state index in [-0.39, 0.29) is 31.3 Å². The van der Waals surface area contributed by atoms with Crippen molar-refractivity contribution < 1.29 is 32.3 Å². The zero-order valence-electron chi connectivity index (χ0n) is 24.6. The van der Waals surface area contributed by atoms with Crippen LogP contribution in [-0.2, 0) is 19.6 Å². The smallest absolute Gasteiger partial charge is 0.320 e. The lowest BCUT2D eigenvalue weighted by atomic mass is 10.1. The highest BCUT2D eigenvalue weighted by molar-refractivity contribution is 9.10. The van der Waals surface area contributed by atoms with Crippen molar-refractivity contribution in [2.24, 2.45) is 5.92 Å². The molecule has 2 aromatic rings. The predicted molar refractivity (Wildman–Crippen MR) is 166 cm³/mol. The van der Waals surface area contributed by atoms with E-state index in [4.69, 9.17) is 9.47 Å². The monoisotopic (exact) mass is 689 g/mol. The number of pyridine rings is 1. The summed E-state index contributed by atoms with van der Waals surface area (Å²) in [4.78, 5) is 48.5. The summed E-state index contributed by atoms with van der Waals surface area (Å²) in [6.07, 6.45) is 8.73. The fraction of sp³-hybridized carbons (Fsp3) is 0.533. The van der Waals surface area contributed by atoms with Gasteiger partial charge in [-0.1, -0.05) is 12.2 Å². The van der Waals surface area contributed by atoms with Crippen molar-refractivity contribution in [3.8, 4) is 11.6 Å². The number of ether oxygens (including phenoxy) is 2. The van der Waals surface area contributed by atoms with Crippen LogP contribution in [0.5, 0.6) is 11.6 Å². The van der Waals surface area contributed by atoms with Gasteiger partial charge in [0.2, 0.25) is 21.8 Å². The van der Waals surface area contributed by atoms with Crippen LogP contribution in [0.3, 0.4) is 0 Å². The molecular formula is C30H36BrN5O7S. The number of methoxy groups -OCH3 is 1. The molecule has 14 heteroatoms. The lowest BCUT2D eigenvalue weighted by Crippen LogP contribution is -2.57. The second kappa shape index (κ2) is 11.8. The first kappa shape index (κ1) is 30.6. The summed E-state index contributed by atoms with van der Waals surface area (Å²) in [6, 6.07) is 4.24. The van der Waals surface area contributed by atoms with E-state index >= 15 is 0 Å². The molecule has 236 valence electrons. The molecule has 3 heterocycles. The fourth-order valence-electron chi connectivity index (χ4n) is 6.08. The minimum Gasteiger partial charge on any atom is -0.496 e. The van der Waals surface area contributed by atoms with Crippen LogP contribution in [0, 0.1) is 5.92 Å². The molecule has 0 spiro atoms. The van der Waals surface area contributed by atoms with Gasteiger partial charge in [0.25, 0.3) is 5.91 Å². The van der Waals surface area contributed by atoms with Crippen molar-refractivity contribution in [2.75, 3.05) is 27.2 Å². The van der Waals surface area contributed by atoms with Crippen molar-refractivity contribution in [1.29, 1.82) is 0 Å². The molecule has 12 nitrogen and oxygen atoms in total. The lowest BCUT2D eigenvalue weighted by Gasteiger charge is -2.30. The third-order valence-electron chi connectivity index (χ3n) is 8.89. The van der Waals surface area contributed by atoms with Gasteiger partial charge >= 0.3 is 6.03 Å². The highest BCUT2D eigenvalue weighted by atomic mass is 79.9. The number of benzene rings is 1. The molecule has 4 amide bonds. The van der Waals surface area contributed by atoms with Crippen LogP contribution in [0.2, 0.25) is 0 Å². The number of amides is 4. The van der Waals surface area contributed by atoms with Crippen molar-refractivity contribution in [1.82, 2.24) is 24.8 Å². The number of urea groups is 1. The topological polar surface area (TPSA) is 147 Å². The van der Waals surface area contributed by atoms with Gasteiger partial charge in [-0.05, 0) is 72.7 Å². The van der Waals surface area contributed by atoms with Gasteiger partial charge in [0, 0.05) is 42.9 Å². The van der Waals surface area contributed by atoms with Gasteiger partial charge < -0.3 is 24.6 Å². The number of carbonyl (C=O) groups excluding carboxylic acids is 3. The van der Waals surface area contributed by atoms with E-state index in [1.165, 1.54) is 4.90 Å². The Morgan fingerprint density at radius 3 is 2.73 bits per heavy atom. The van der Waals surface area contributed by atoms with Gasteiger partial charge in [-0.3, -0.25) is 14.3 Å². The molecule has 0 radical (unpaired) electrons. The predicted octanol–water partition coefficient (Wildman–Crippen LogP) is 3.10. The van der Waals surface area contributed by atoms with E-state index in [1.807, 2.05) is 24.3 Å². The number of nitrogens with zero attached hydrogens (tertiary/aromatic N) is 3. The molecule has 2 aliphatic carbocycles. The van der Waals surface area contributed by atoms with Gasteiger partial charge in [-0.25, -0.2) is 18.2 Å². The molecule has 2 N–H and O–H groups in total. The minimum atomic E-state index is -3.81. The molecule has 3 fully saturated rings. The zero-order valence-corrected chi connectivity index (χ0v) is 27.0. The normalized spacial score (nSPS) is 27.7. The van der Waals surface area contributed by atoms with Crippen molar-refractivity contribution in [3.05, 3.63) is 41.0 Å². The van der Waals surface area contributed by atoms with Crippen molar-refractivity contribution >= 4 is 54.6 Å². The van der Waals surface area contributed by atoms with Crippen molar-refractivity contribution in [2.45, 2.75) is 67.9 Å². The Hall–Kier alpha value is -3.39. The number of aromatic nitrogens is 1. The average Bonchev–Trinajstić information content (AvgIpc) is 3.92. The average molecular weight is 691 g/mol. The van der Waals surface area contributed by atoms with Crippen LogP contribution < -0.4 is 19.5 Å². The van der Waals surface area contributed by atoms with E-state index in [1.54, 1.807) is 31.3 Å². The molecule has 4 aliphatic rings. The van der Waals surface area contributed by atoms with E-state index in [2.05, 4.69) is 31.0 Å². The third kappa shape index (κ3) is 5.85. The standard InChI is InChI=1S/C30H36BrN5O7S/c1-35-14-6-4-3-5-7-18-16-30(18,28(38)34-44(40,41)20-8-9-20)33-26(37)23-15-19(17-36(23)29(35)39)43-27-22-10-11-24(42-2)25(31)21(22)12-13-32-27/h5,7,10-13,18-20,23H,3-4,6,8-9,14-17H2,1-2H3,(H,33,37)(H,34,38). The Labute approximate surface area is 264 Å². The molecule has 4 atom stereocenters. The Morgan fingerprint density at radius 1 is 1.18 bits per heavy atom. The molecular weight excluding hydrogens is 654 g/mol. The Balaban J connectivity index is 1.27. The van der Waals surface area contributed by atoms with E-state index in [0.29, 0.717) is 31.0 Å². The van der Waals surface area contributed by atoms with Crippen molar-refractivity contribution in [3.63, 3.8) is 0 Å². The van der Waals surface area contributed by atoms with E-state index in [0.717, 1.165) is 34.5 Å². The molecule has 1 saturated heterocycles. The van der Waals surface area contributed by atoms with Gasteiger partial charge in [-0.15, -0.1) is 0 Å². The van der Waals surface area contributed by atoms with Crippen LogP contribution in [-0.4, -0.2) is 91.2 Å². The van der Waals surface area contributed by atoms with Crippen LogP contribution in [0.15, 0.2) is 41.0 Å². The maximum Gasteiger partial charge on any atom is 0.320 e. The second-order valence-electron chi connectivity index (χ2n) is 12.0. The second-order valence-corrected chi connectivity index (χ2v) is 14.8. The number of halogens is 1. The zero-order chi connectivity index (χ0) is 31.2. The van der Waals surface area contributed by atoms with E-state index in [9.17, 15) is 22.8 Å². The molecule has 0 bridgehead atoms. The summed E-state index contributed by atoms with van der Waals surface area (Å²) >= 11 is 3.58. The molecule has 2 saturated carbocycles. The summed E-state index contributed by atoms with van der Waals surface area (Å²) in [7, 11) is -0.521. The first-order valence-corrected chi connectivity index (χ1v) is 17.2. The highest BCUT2D eigenvalue weighted by Gasteiger charge is 2.62. The van der Waals surface area contributed by atoms with Crippen LogP contribution in [0.4, 0.5) is 4.79 Å². The minimum absolute atomic E-state index is 0.134. The third-order valence-corrected chi connectivity index (χ3v) is 11.5.